The summed E-state index contributed by atoms with van der Waals surface area (Å²) >= 11 is 0. The van der Waals surface area contributed by atoms with Crippen LogP contribution in [0.3, 0.4) is 0 Å². The van der Waals surface area contributed by atoms with Gasteiger partial charge in [0.15, 0.2) is 11.6 Å². The summed E-state index contributed by atoms with van der Waals surface area (Å²) in [4.78, 5) is 21.4. The second kappa shape index (κ2) is 10.9. The summed E-state index contributed by atoms with van der Waals surface area (Å²) in [5.74, 6) is 1.82. The standard InChI is InChI=1S/C22H30N4O6/c1-14(27)4-5-15-6-7-17(21(24-15)31-3)25-20-19(30-2)18(8-11-23-20)32-16-9-12-26(13-10-16)22(28)29/h6-8,11,14,16,27H,4-5,9-10,12-13H2,1-3H3,(H,23,25)(H,28,29). The summed E-state index contributed by atoms with van der Waals surface area (Å²) < 4.78 is 17.1. The molecule has 0 radical (unpaired) electrons. The fourth-order valence-corrected chi connectivity index (χ4v) is 3.51. The van der Waals surface area contributed by atoms with E-state index in [0.29, 0.717) is 67.7 Å². The first-order valence-electron chi connectivity index (χ1n) is 10.6. The smallest absolute Gasteiger partial charge is 0.407 e. The SMILES string of the molecule is COc1nc(CCC(C)O)ccc1Nc1nccc(OC2CCN(C(=O)O)CC2)c1OC. The van der Waals surface area contributed by atoms with E-state index in [9.17, 15) is 9.90 Å². The van der Waals surface area contributed by atoms with Crippen LogP contribution in [-0.4, -0.2) is 70.7 Å². The number of aliphatic hydroxyl groups excluding tert-OH is 1. The van der Waals surface area contributed by atoms with Crippen molar-refractivity contribution in [1.82, 2.24) is 14.9 Å². The van der Waals surface area contributed by atoms with E-state index in [1.54, 1.807) is 26.3 Å². The Hall–Kier alpha value is -3.27. The molecule has 1 fully saturated rings. The van der Waals surface area contributed by atoms with Crippen LogP contribution in [0.25, 0.3) is 0 Å². The van der Waals surface area contributed by atoms with Crippen LogP contribution < -0.4 is 19.5 Å². The lowest BCUT2D eigenvalue weighted by atomic mass is 10.1. The number of likely N-dealkylation sites (tertiary alicyclic amines) is 1. The van der Waals surface area contributed by atoms with E-state index in [1.807, 2.05) is 12.1 Å². The molecule has 3 N–H and O–H groups in total. The molecule has 0 aliphatic carbocycles. The summed E-state index contributed by atoms with van der Waals surface area (Å²) in [6.45, 7) is 2.61. The van der Waals surface area contributed by atoms with Gasteiger partial charge in [-0.1, -0.05) is 0 Å². The molecular weight excluding hydrogens is 416 g/mol. The number of methoxy groups -OCH3 is 2. The molecule has 1 amide bonds. The maximum atomic E-state index is 11.1. The Morgan fingerprint density at radius 2 is 2.00 bits per heavy atom. The highest BCUT2D eigenvalue weighted by Gasteiger charge is 2.25. The molecule has 1 aliphatic heterocycles. The minimum atomic E-state index is -0.907. The number of pyridine rings is 2. The summed E-state index contributed by atoms with van der Waals surface area (Å²) in [5.41, 5.74) is 1.43. The second-order valence-corrected chi connectivity index (χ2v) is 7.65. The van der Waals surface area contributed by atoms with Crippen LogP contribution in [0, 0.1) is 0 Å². The second-order valence-electron chi connectivity index (χ2n) is 7.65. The molecule has 32 heavy (non-hydrogen) atoms. The summed E-state index contributed by atoms with van der Waals surface area (Å²) in [7, 11) is 3.08. The molecular formula is C22H30N4O6. The number of hydrogen-bond donors (Lipinski definition) is 3. The van der Waals surface area contributed by atoms with Crippen LogP contribution in [0.5, 0.6) is 17.4 Å². The minimum Gasteiger partial charge on any atom is -0.490 e. The molecule has 1 unspecified atom stereocenters. The highest BCUT2D eigenvalue weighted by atomic mass is 16.5. The Balaban J connectivity index is 1.74. The average molecular weight is 447 g/mol. The maximum absolute atomic E-state index is 11.1. The van der Waals surface area contributed by atoms with Gasteiger partial charge in [0.1, 0.15) is 11.8 Å². The van der Waals surface area contributed by atoms with Gasteiger partial charge in [-0.05, 0) is 31.9 Å². The van der Waals surface area contributed by atoms with E-state index in [0.717, 1.165) is 5.69 Å². The number of piperidine rings is 1. The summed E-state index contributed by atoms with van der Waals surface area (Å²) in [5, 5.41) is 21.8. The van der Waals surface area contributed by atoms with E-state index >= 15 is 0 Å². The Kier molecular flexibility index (Phi) is 7.93. The summed E-state index contributed by atoms with van der Waals surface area (Å²) in [6.07, 6.45) is 2.66. The van der Waals surface area contributed by atoms with Crippen molar-refractivity contribution in [2.45, 2.75) is 44.8 Å². The number of ether oxygens (including phenoxy) is 3. The molecule has 2 aromatic heterocycles. The molecule has 3 rings (SSSR count). The van der Waals surface area contributed by atoms with Crippen molar-refractivity contribution in [2.75, 3.05) is 32.6 Å². The lowest BCUT2D eigenvalue weighted by molar-refractivity contribution is 0.0878. The van der Waals surface area contributed by atoms with Gasteiger partial charge in [0.05, 0.1) is 20.3 Å². The van der Waals surface area contributed by atoms with Gasteiger partial charge in [0.2, 0.25) is 11.6 Å². The molecule has 10 heteroatoms. The van der Waals surface area contributed by atoms with Crippen molar-refractivity contribution < 1.29 is 29.2 Å². The van der Waals surface area contributed by atoms with Crippen LogP contribution in [0.15, 0.2) is 24.4 Å². The molecule has 2 aromatic rings. The topological polar surface area (TPSA) is 126 Å². The largest absolute Gasteiger partial charge is 0.490 e. The molecule has 0 spiro atoms. The first-order chi connectivity index (χ1) is 15.4. The lowest BCUT2D eigenvalue weighted by Crippen LogP contribution is -2.41. The monoisotopic (exact) mass is 446 g/mol. The van der Waals surface area contributed by atoms with Crippen molar-refractivity contribution in [1.29, 1.82) is 0 Å². The minimum absolute atomic E-state index is 0.112. The fourth-order valence-electron chi connectivity index (χ4n) is 3.51. The molecule has 1 atom stereocenters. The number of aromatic nitrogens is 2. The molecule has 1 aliphatic rings. The van der Waals surface area contributed by atoms with Crippen LogP contribution >= 0.6 is 0 Å². The molecule has 174 valence electrons. The summed E-state index contributed by atoms with van der Waals surface area (Å²) in [6, 6.07) is 5.44. The van der Waals surface area contributed by atoms with E-state index in [2.05, 4.69) is 15.3 Å². The van der Waals surface area contributed by atoms with Gasteiger partial charge in [-0.2, -0.15) is 0 Å². The van der Waals surface area contributed by atoms with Crippen molar-refractivity contribution in [3.8, 4) is 17.4 Å². The Morgan fingerprint density at radius 3 is 2.62 bits per heavy atom. The van der Waals surface area contributed by atoms with Gasteiger partial charge in [0, 0.05) is 43.9 Å². The van der Waals surface area contributed by atoms with Gasteiger partial charge in [-0.3, -0.25) is 0 Å². The number of aliphatic hydroxyl groups is 1. The van der Waals surface area contributed by atoms with Crippen LogP contribution in [-0.2, 0) is 6.42 Å². The normalized spacial score (nSPS) is 15.2. The van der Waals surface area contributed by atoms with Crippen LogP contribution in [0.4, 0.5) is 16.3 Å². The van der Waals surface area contributed by atoms with E-state index in [-0.39, 0.29) is 6.10 Å². The third-order valence-corrected chi connectivity index (χ3v) is 5.26. The number of hydrogen-bond acceptors (Lipinski definition) is 8. The van der Waals surface area contributed by atoms with Crippen LogP contribution in [0.2, 0.25) is 0 Å². The van der Waals surface area contributed by atoms with E-state index in [1.165, 1.54) is 12.0 Å². The number of amides is 1. The first kappa shape index (κ1) is 23.4. The highest BCUT2D eigenvalue weighted by Crippen LogP contribution is 2.37. The van der Waals surface area contributed by atoms with Gasteiger partial charge < -0.3 is 34.6 Å². The van der Waals surface area contributed by atoms with E-state index in [4.69, 9.17) is 19.3 Å². The number of carbonyl (C=O) groups is 1. The van der Waals surface area contributed by atoms with Gasteiger partial charge in [-0.15, -0.1) is 0 Å². The predicted octanol–water partition coefficient (Wildman–Crippen LogP) is 3.07. The predicted molar refractivity (Wildman–Crippen MR) is 118 cm³/mol. The van der Waals surface area contributed by atoms with Crippen molar-refractivity contribution in [3.63, 3.8) is 0 Å². The van der Waals surface area contributed by atoms with E-state index < -0.39 is 12.2 Å². The lowest BCUT2D eigenvalue weighted by Gasteiger charge is -2.30. The molecule has 10 nitrogen and oxygen atoms in total. The number of anilines is 2. The molecule has 0 saturated carbocycles. The Bertz CT molecular complexity index is 915. The van der Waals surface area contributed by atoms with Crippen molar-refractivity contribution in [2.24, 2.45) is 0 Å². The third-order valence-electron chi connectivity index (χ3n) is 5.26. The number of nitrogens with zero attached hydrogens (tertiary/aromatic N) is 3. The van der Waals surface area contributed by atoms with Crippen molar-refractivity contribution in [3.05, 3.63) is 30.1 Å². The Morgan fingerprint density at radius 1 is 1.25 bits per heavy atom. The Labute approximate surface area is 187 Å². The number of nitrogens with one attached hydrogen (secondary N) is 1. The zero-order chi connectivity index (χ0) is 23.1. The van der Waals surface area contributed by atoms with Gasteiger partial charge in [-0.25, -0.2) is 14.8 Å². The number of carboxylic acid groups (broad SMARTS) is 1. The maximum Gasteiger partial charge on any atom is 0.407 e. The number of rotatable bonds is 9. The molecule has 0 aromatic carbocycles. The molecule has 0 bridgehead atoms. The zero-order valence-electron chi connectivity index (χ0n) is 18.6. The first-order valence-corrected chi connectivity index (χ1v) is 10.6. The van der Waals surface area contributed by atoms with Crippen LogP contribution in [0.1, 0.15) is 31.9 Å². The van der Waals surface area contributed by atoms with Gasteiger partial charge >= 0.3 is 6.09 Å². The molecule has 1 saturated heterocycles. The average Bonchev–Trinajstić information content (AvgIpc) is 2.79. The van der Waals surface area contributed by atoms with Gasteiger partial charge in [0.25, 0.3) is 0 Å². The zero-order valence-corrected chi connectivity index (χ0v) is 18.6. The third kappa shape index (κ3) is 5.91. The van der Waals surface area contributed by atoms with Crippen molar-refractivity contribution >= 4 is 17.6 Å². The molecule has 3 heterocycles. The quantitative estimate of drug-likeness (QED) is 0.532. The fraction of sp³-hybridized carbons (Fsp3) is 0.500. The number of aryl methyl sites for hydroxylation is 1. The highest BCUT2D eigenvalue weighted by molar-refractivity contribution is 5.69.